The zero-order valence-corrected chi connectivity index (χ0v) is 16.2. The first kappa shape index (κ1) is 18.7. The molecular weight excluding hydrogens is 382 g/mol. The second kappa shape index (κ2) is 7.41. The van der Waals surface area contributed by atoms with Crippen LogP contribution in [0.5, 0.6) is 0 Å². The van der Waals surface area contributed by atoms with Crippen molar-refractivity contribution in [3.8, 4) is 0 Å². The highest BCUT2D eigenvalue weighted by molar-refractivity contribution is 6.32. The van der Waals surface area contributed by atoms with E-state index < -0.39 is 6.04 Å². The third-order valence-corrected chi connectivity index (χ3v) is 5.79. The van der Waals surface area contributed by atoms with Crippen molar-refractivity contribution >= 4 is 35.0 Å². The molecule has 3 heterocycles. The largest absolute Gasteiger partial charge is 0.459 e. The van der Waals surface area contributed by atoms with Gasteiger partial charge in [0.25, 0.3) is 11.8 Å². The van der Waals surface area contributed by atoms with Gasteiger partial charge in [0.2, 0.25) is 5.91 Å². The monoisotopic (exact) mass is 401 g/mol. The lowest BCUT2D eigenvalue weighted by molar-refractivity contribution is -0.123. The average Bonchev–Trinajstić information content (AvgIpc) is 3.33. The molecule has 1 aromatic carbocycles. The summed E-state index contributed by atoms with van der Waals surface area (Å²) in [6.45, 7) is 3.81. The molecule has 0 N–H and O–H groups in total. The molecule has 2 saturated heterocycles. The lowest BCUT2D eigenvalue weighted by atomic mass is 10.1. The van der Waals surface area contributed by atoms with Crippen LogP contribution in [-0.4, -0.2) is 59.7 Å². The zero-order chi connectivity index (χ0) is 19.8. The summed E-state index contributed by atoms with van der Waals surface area (Å²) >= 11 is 6.16. The first-order chi connectivity index (χ1) is 13.5. The van der Waals surface area contributed by atoms with Crippen LogP contribution < -0.4 is 4.90 Å². The number of benzene rings is 1. The molecule has 3 amide bonds. The summed E-state index contributed by atoms with van der Waals surface area (Å²) < 4.78 is 5.17. The molecule has 0 spiro atoms. The fraction of sp³-hybridized carbons (Fsp3) is 0.350. The first-order valence-corrected chi connectivity index (χ1v) is 9.54. The Morgan fingerprint density at radius 2 is 1.86 bits per heavy atom. The fourth-order valence-corrected chi connectivity index (χ4v) is 3.95. The number of rotatable bonds is 3. The number of halogens is 1. The van der Waals surface area contributed by atoms with Crippen molar-refractivity contribution in [2.45, 2.75) is 19.4 Å². The van der Waals surface area contributed by atoms with Crippen LogP contribution in [-0.2, 0) is 9.59 Å². The molecule has 4 rings (SSSR count). The molecule has 0 bridgehead atoms. The maximum atomic E-state index is 13.0. The number of nitrogens with zero attached hydrogens (tertiary/aromatic N) is 3. The van der Waals surface area contributed by atoms with Crippen LogP contribution in [0.25, 0.3) is 0 Å². The normalized spacial score (nSPS) is 20.9. The maximum Gasteiger partial charge on any atom is 0.289 e. The summed E-state index contributed by atoms with van der Waals surface area (Å²) in [7, 11) is 0. The first-order valence-electron chi connectivity index (χ1n) is 9.16. The molecule has 0 radical (unpaired) electrons. The van der Waals surface area contributed by atoms with Crippen molar-refractivity contribution in [1.29, 1.82) is 0 Å². The van der Waals surface area contributed by atoms with Gasteiger partial charge in [0.05, 0.1) is 24.4 Å². The number of hydrogen-bond donors (Lipinski definition) is 0. The van der Waals surface area contributed by atoms with Gasteiger partial charge in [-0.15, -0.1) is 0 Å². The van der Waals surface area contributed by atoms with Gasteiger partial charge in [0.1, 0.15) is 0 Å². The number of carbonyl (C=O) groups is 3. The maximum absolute atomic E-state index is 13.0. The number of imide groups is 1. The molecule has 2 aliphatic rings. The van der Waals surface area contributed by atoms with E-state index in [1.54, 1.807) is 42.2 Å². The standard InChI is InChI=1S/C20H20ClN3O4/c1-13-14(21)4-2-5-15(13)24-18(25)12-16(19(24)26)22-7-9-23(10-8-22)20(27)17-6-3-11-28-17/h2-6,11,16H,7-10,12H2,1H3/t16-/m0/s1. The molecule has 7 nitrogen and oxygen atoms in total. The van der Waals surface area contributed by atoms with Crippen LogP contribution >= 0.6 is 11.6 Å². The topological polar surface area (TPSA) is 74.1 Å². The molecule has 1 atom stereocenters. The minimum Gasteiger partial charge on any atom is -0.459 e. The van der Waals surface area contributed by atoms with Crippen molar-refractivity contribution in [2.75, 3.05) is 31.1 Å². The second-order valence-electron chi connectivity index (χ2n) is 6.98. The van der Waals surface area contributed by atoms with E-state index in [-0.39, 0.29) is 24.1 Å². The lowest BCUT2D eigenvalue weighted by Gasteiger charge is -2.36. The summed E-state index contributed by atoms with van der Waals surface area (Å²) in [6.07, 6.45) is 1.61. The molecule has 1 aromatic heterocycles. The van der Waals surface area contributed by atoms with Gasteiger partial charge in [-0.3, -0.25) is 19.3 Å². The van der Waals surface area contributed by atoms with Crippen LogP contribution in [0.1, 0.15) is 22.5 Å². The van der Waals surface area contributed by atoms with Gasteiger partial charge in [-0.1, -0.05) is 17.7 Å². The van der Waals surface area contributed by atoms with Crippen LogP contribution in [0.2, 0.25) is 5.02 Å². The highest BCUT2D eigenvalue weighted by Gasteiger charge is 2.44. The molecule has 0 unspecified atom stereocenters. The van der Waals surface area contributed by atoms with Crippen LogP contribution in [0, 0.1) is 6.92 Å². The Morgan fingerprint density at radius 3 is 2.54 bits per heavy atom. The second-order valence-corrected chi connectivity index (χ2v) is 7.38. The third-order valence-electron chi connectivity index (χ3n) is 5.38. The Hall–Kier alpha value is -2.64. The van der Waals surface area contributed by atoms with Gasteiger partial charge in [-0.05, 0) is 36.8 Å². The van der Waals surface area contributed by atoms with E-state index in [0.717, 1.165) is 0 Å². The van der Waals surface area contributed by atoms with Crippen molar-refractivity contribution in [1.82, 2.24) is 9.80 Å². The highest BCUT2D eigenvalue weighted by atomic mass is 35.5. The zero-order valence-electron chi connectivity index (χ0n) is 15.4. The molecular formula is C20H20ClN3O4. The summed E-state index contributed by atoms with van der Waals surface area (Å²) in [5.41, 5.74) is 1.25. The van der Waals surface area contributed by atoms with E-state index in [4.69, 9.17) is 16.0 Å². The van der Waals surface area contributed by atoms with E-state index in [1.165, 1.54) is 11.2 Å². The average molecular weight is 402 g/mol. The molecule has 8 heteroatoms. The summed E-state index contributed by atoms with van der Waals surface area (Å²) in [5.74, 6) is -0.312. The molecule has 2 aromatic rings. The van der Waals surface area contributed by atoms with Gasteiger partial charge in [0.15, 0.2) is 5.76 Å². The minimum atomic E-state index is -0.508. The molecule has 146 valence electrons. The van der Waals surface area contributed by atoms with Crippen LogP contribution in [0.4, 0.5) is 5.69 Å². The molecule has 28 heavy (non-hydrogen) atoms. The fourth-order valence-electron chi connectivity index (χ4n) is 3.79. The van der Waals surface area contributed by atoms with Gasteiger partial charge in [-0.2, -0.15) is 0 Å². The quantitative estimate of drug-likeness (QED) is 0.738. The van der Waals surface area contributed by atoms with Crippen LogP contribution in [0.15, 0.2) is 41.0 Å². The number of furan rings is 1. The smallest absolute Gasteiger partial charge is 0.289 e. The minimum absolute atomic E-state index is 0.136. The Kier molecular flexibility index (Phi) is 4.95. The van der Waals surface area contributed by atoms with Crippen molar-refractivity contribution in [3.63, 3.8) is 0 Å². The number of hydrogen-bond acceptors (Lipinski definition) is 5. The van der Waals surface area contributed by atoms with E-state index in [0.29, 0.717) is 48.2 Å². The van der Waals surface area contributed by atoms with E-state index in [1.807, 2.05) is 4.90 Å². The molecule has 2 fully saturated rings. The van der Waals surface area contributed by atoms with Crippen LogP contribution in [0.3, 0.4) is 0 Å². The highest BCUT2D eigenvalue weighted by Crippen LogP contribution is 2.32. The summed E-state index contributed by atoms with van der Waals surface area (Å²) in [5, 5.41) is 0.520. The number of anilines is 1. The molecule has 2 aliphatic heterocycles. The SMILES string of the molecule is Cc1c(Cl)cccc1N1C(=O)C[C@H](N2CCN(C(=O)c3ccco3)CC2)C1=O. The third kappa shape index (κ3) is 3.21. The van der Waals surface area contributed by atoms with Crippen molar-refractivity contribution in [3.05, 3.63) is 52.9 Å². The number of carbonyl (C=O) groups excluding carboxylic acids is 3. The summed E-state index contributed by atoms with van der Waals surface area (Å²) in [4.78, 5) is 42.9. The Labute approximate surface area is 167 Å². The van der Waals surface area contributed by atoms with Gasteiger partial charge in [-0.25, -0.2) is 4.90 Å². The van der Waals surface area contributed by atoms with E-state index in [9.17, 15) is 14.4 Å². The number of amides is 3. The predicted molar refractivity (Wildman–Crippen MR) is 103 cm³/mol. The molecule has 0 saturated carbocycles. The van der Waals surface area contributed by atoms with Gasteiger partial charge >= 0.3 is 0 Å². The van der Waals surface area contributed by atoms with Gasteiger partial charge < -0.3 is 9.32 Å². The Morgan fingerprint density at radius 1 is 1.11 bits per heavy atom. The number of piperazine rings is 1. The predicted octanol–water partition coefficient (Wildman–Crippen LogP) is 2.33. The Bertz CT molecular complexity index is 920. The Balaban J connectivity index is 1.45. The van der Waals surface area contributed by atoms with E-state index >= 15 is 0 Å². The van der Waals surface area contributed by atoms with Gasteiger partial charge in [0, 0.05) is 31.2 Å². The lowest BCUT2D eigenvalue weighted by Crippen LogP contribution is -2.53. The summed E-state index contributed by atoms with van der Waals surface area (Å²) in [6, 6.07) is 8.01. The van der Waals surface area contributed by atoms with Crippen molar-refractivity contribution in [2.24, 2.45) is 0 Å². The molecule has 0 aliphatic carbocycles. The van der Waals surface area contributed by atoms with Crippen molar-refractivity contribution < 1.29 is 18.8 Å². The van der Waals surface area contributed by atoms with E-state index in [2.05, 4.69) is 0 Å².